The van der Waals surface area contributed by atoms with E-state index in [-0.39, 0.29) is 21.8 Å². The second kappa shape index (κ2) is 8.59. The van der Waals surface area contributed by atoms with Gasteiger partial charge in [-0.15, -0.1) is 0 Å². The van der Waals surface area contributed by atoms with Crippen LogP contribution in [0.5, 0.6) is 0 Å². The van der Waals surface area contributed by atoms with E-state index >= 15 is 0 Å². The SMILES string of the molecule is CN(C)S(=O)(=O)c1cccc(C(=O)OCC(=O)Nc2ccccc2[N+](=O)[O-])c1. The van der Waals surface area contributed by atoms with Gasteiger partial charge in [0.15, 0.2) is 6.61 Å². The zero-order valence-corrected chi connectivity index (χ0v) is 15.8. The number of para-hydroxylation sites is 2. The van der Waals surface area contributed by atoms with Crippen LogP contribution in [0.4, 0.5) is 11.4 Å². The van der Waals surface area contributed by atoms with Gasteiger partial charge in [-0.25, -0.2) is 17.5 Å². The molecule has 0 radical (unpaired) electrons. The van der Waals surface area contributed by atoms with Gasteiger partial charge < -0.3 is 10.1 Å². The van der Waals surface area contributed by atoms with E-state index in [1.807, 2.05) is 0 Å². The number of sulfonamides is 1. The fourth-order valence-electron chi connectivity index (χ4n) is 2.13. The molecule has 11 heteroatoms. The highest BCUT2D eigenvalue weighted by Crippen LogP contribution is 2.23. The summed E-state index contributed by atoms with van der Waals surface area (Å²) in [5.74, 6) is -1.69. The number of carbonyl (C=O) groups is 2. The lowest BCUT2D eigenvalue weighted by atomic mass is 10.2. The second-order valence-electron chi connectivity index (χ2n) is 5.71. The van der Waals surface area contributed by atoms with E-state index in [0.717, 1.165) is 10.4 Å². The number of rotatable bonds is 7. The van der Waals surface area contributed by atoms with Crippen LogP contribution in [0.1, 0.15) is 10.4 Å². The Bertz CT molecular complexity index is 1020. The number of ether oxygens (including phenoxy) is 1. The van der Waals surface area contributed by atoms with Gasteiger partial charge in [0.2, 0.25) is 10.0 Å². The van der Waals surface area contributed by atoms with Gasteiger partial charge >= 0.3 is 5.97 Å². The average Bonchev–Trinajstić information content (AvgIpc) is 2.66. The van der Waals surface area contributed by atoms with E-state index in [4.69, 9.17) is 4.74 Å². The first kappa shape index (κ1) is 21.0. The van der Waals surface area contributed by atoms with Crippen LogP contribution in [0.15, 0.2) is 53.4 Å². The topological polar surface area (TPSA) is 136 Å². The van der Waals surface area contributed by atoms with Crippen molar-refractivity contribution < 1.29 is 27.7 Å². The Balaban J connectivity index is 2.05. The van der Waals surface area contributed by atoms with Crippen molar-refractivity contribution in [2.45, 2.75) is 4.90 Å². The minimum atomic E-state index is -3.74. The Morgan fingerprint density at radius 2 is 1.82 bits per heavy atom. The normalized spacial score (nSPS) is 11.1. The molecule has 0 spiro atoms. The van der Waals surface area contributed by atoms with Crippen LogP contribution in [0.3, 0.4) is 0 Å². The van der Waals surface area contributed by atoms with E-state index in [9.17, 15) is 28.1 Å². The number of amides is 1. The van der Waals surface area contributed by atoms with Crippen LogP contribution in [-0.2, 0) is 19.6 Å². The molecule has 0 fully saturated rings. The molecule has 0 aliphatic carbocycles. The number of nitrogens with one attached hydrogen (secondary N) is 1. The van der Waals surface area contributed by atoms with E-state index in [1.54, 1.807) is 0 Å². The summed E-state index contributed by atoms with van der Waals surface area (Å²) < 4.78 is 30.1. The zero-order chi connectivity index (χ0) is 20.9. The molecule has 0 unspecified atom stereocenters. The van der Waals surface area contributed by atoms with Gasteiger partial charge in [0.1, 0.15) is 5.69 Å². The van der Waals surface area contributed by atoms with Crippen molar-refractivity contribution in [2.24, 2.45) is 0 Å². The molecule has 0 heterocycles. The molecule has 1 amide bonds. The maximum atomic E-state index is 12.1. The van der Waals surface area contributed by atoms with E-state index < -0.39 is 33.4 Å². The van der Waals surface area contributed by atoms with Crippen molar-refractivity contribution >= 4 is 33.3 Å². The molecule has 0 saturated heterocycles. The summed E-state index contributed by atoms with van der Waals surface area (Å²) in [5, 5.41) is 13.2. The van der Waals surface area contributed by atoms with Crippen molar-refractivity contribution in [2.75, 3.05) is 26.0 Å². The molecule has 2 aromatic rings. The summed E-state index contributed by atoms with van der Waals surface area (Å²) in [6.45, 7) is -0.699. The first-order chi connectivity index (χ1) is 13.1. The predicted octanol–water partition coefficient (Wildman–Crippen LogP) is 1.64. The molecular formula is C17H17N3O7S. The highest BCUT2D eigenvalue weighted by atomic mass is 32.2. The molecule has 10 nitrogen and oxygen atoms in total. The van der Waals surface area contributed by atoms with Crippen molar-refractivity contribution in [1.29, 1.82) is 0 Å². The van der Waals surface area contributed by atoms with E-state index in [0.29, 0.717) is 0 Å². The van der Waals surface area contributed by atoms with Crippen LogP contribution in [0.2, 0.25) is 0 Å². The Labute approximate surface area is 160 Å². The maximum Gasteiger partial charge on any atom is 0.338 e. The predicted molar refractivity (Wildman–Crippen MR) is 99.3 cm³/mol. The molecule has 0 aliphatic rings. The van der Waals surface area contributed by atoms with Crippen molar-refractivity contribution in [3.8, 4) is 0 Å². The van der Waals surface area contributed by atoms with Crippen LogP contribution in [-0.4, -0.2) is 50.2 Å². The maximum absolute atomic E-state index is 12.1. The largest absolute Gasteiger partial charge is 0.452 e. The molecule has 0 aromatic heterocycles. The van der Waals surface area contributed by atoms with E-state index in [1.165, 1.54) is 56.6 Å². The Kier molecular flexibility index (Phi) is 6.44. The van der Waals surface area contributed by atoms with Gasteiger partial charge in [-0.2, -0.15) is 0 Å². The first-order valence-electron chi connectivity index (χ1n) is 7.86. The van der Waals surface area contributed by atoms with Crippen LogP contribution >= 0.6 is 0 Å². The molecule has 148 valence electrons. The molecule has 28 heavy (non-hydrogen) atoms. The van der Waals surface area contributed by atoms with E-state index in [2.05, 4.69) is 5.32 Å². The van der Waals surface area contributed by atoms with Crippen LogP contribution in [0, 0.1) is 10.1 Å². The van der Waals surface area contributed by atoms with Crippen LogP contribution in [0.25, 0.3) is 0 Å². The highest BCUT2D eigenvalue weighted by Gasteiger charge is 2.20. The van der Waals surface area contributed by atoms with Gasteiger partial charge in [-0.1, -0.05) is 18.2 Å². The Morgan fingerprint density at radius 1 is 1.14 bits per heavy atom. The van der Waals surface area contributed by atoms with Crippen molar-refractivity contribution in [3.05, 3.63) is 64.2 Å². The molecule has 0 bridgehead atoms. The smallest absolute Gasteiger partial charge is 0.338 e. The quantitative estimate of drug-likeness (QED) is 0.418. The molecule has 0 saturated carbocycles. The second-order valence-corrected chi connectivity index (χ2v) is 7.87. The molecule has 2 aromatic carbocycles. The van der Waals surface area contributed by atoms with Gasteiger partial charge in [-0.3, -0.25) is 14.9 Å². The number of anilines is 1. The number of hydrogen-bond donors (Lipinski definition) is 1. The molecule has 2 rings (SSSR count). The number of hydrogen-bond acceptors (Lipinski definition) is 7. The lowest BCUT2D eigenvalue weighted by Crippen LogP contribution is -2.23. The fraction of sp³-hybridized carbons (Fsp3) is 0.176. The number of nitro benzene ring substituents is 1. The van der Waals surface area contributed by atoms with Gasteiger partial charge in [0.05, 0.1) is 15.4 Å². The van der Waals surface area contributed by atoms with Gasteiger partial charge in [-0.05, 0) is 24.3 Å². The highest BCUT2D eigenvalue weighted by molar-refractivity contribution is 7.89. The molecule has 1 N–H and O–H groups in total. The van der Waals surface area contributed by atoms with Gasteiger partial charge in [0.25, 0.3) is 11.6 Å². The fourth-order valence-corrected chi connectivity index (χ4v) is 3.08. The lowest BCUT2D eigenvalue weighted by Gasteiger charge is -2.12. The van der Waals surface area contributed by atoms with Crippen LogP contribution < -0.4 is 5.32 Å². The minimum absolute atomic E-state index is 0.0346. The third-order valence-corrected chi connectivity index (χ3v) is 5.37. The first-order valence-corrected chi connectivity index (χ1v) is 9.30. The molecule has 0 atom stereocenters. The van der Waals surface area contributed by atoms with Crippen molar-refractivity contribution in [3.63, 3.8) is 0 Å². The summed E-state index contributed by atoms with van der Waals surface area (Å²) >= 11 is 0. The molecule has 0 aliphatic heterocycles. The summed E-state index contributed by atoms with van der Waals surface area (Å²) in [5.41, 5.74) is -0.391. The van der Waals surface area contributed by atoms with Crippen molar-refractivity contribution in [1.82, 2.24) is 4.31 Å². The third kappa shape index (κ3) is 4.90. The minimum Gasteiger partial charge on any atom is -0.452 e. The lowest BCUT2D eigenvalue weighted by molar-refractivity contribution is -0.383. The standard InChI is InChI=1S/C17H17N3O7S/c1-19(2)28(25,26)13-7-5-6-12(10-13)17(22)27-11-16(21)18-14-8-3-4-9-15(14)20(23)24/h3-10H,11H2,1-2H3,(H,18,21). The number of nitro groups is 1. The van der Waals surface area contributed by atoms with Gasteiger partial charge in [0, 0.05) is 20.2 Å². The number of nitrogens with zero attached hydrogens (tertiary/aromatic N) is 2. The monoisotopic (exact) mass is 407 g/mol. The Morgan fingerprint density at radius 3 is 2.46 bits per heavy atom. The molecular weight excluding hydrogens is 390 g/mol. The summed E-state index contributed by atoms with van der Waals surface area (Å²) in [4.78, 5) is 34.2. The average molecular weight is 407 g/mol. The summed E-state index contributed by atoms with van der Waals surface area (Å²) in [7, 11) is -1.03. The summed E-state index contributed by atoms with van der Waals surface area (Å²) in [6, 6.07) is 10.7. The number of benzene rings is 2. The third-order valence-electron chi connectivity index (χ3n) is 3.56. The summed E-state index contributed by atoms with van der Waals surface area (Å²) in [6.07, 6.45) is 0. The number of carbonyl (C=O) groups excluding carboxylic acids is 2. The number of esters is 1. The zero-order valence-electron chi connectivity index (χ0n) is 15.0. The Hall–Kier alpha value is -3.31.